The van der Waals surface area contributed by atoms with Crippen molar-refractivity contribution in [2.24, 2.45) is 0 Å². The van der Waals surface area contributed by atoms with Crippen molar-refractivity contribution in [3.05, 3.63) is 52.3 Å². The molecule has 24 heavy (non-hydrogen) atoms. The molecular formula is C18H24ClN3O2. The van der Waals surface area contributed by atoms with E-state index >= 15 is 0 Å². The average Bonchev–Trinajstić information content (AvgIpc) is 2.96. The zero-order valence-electron chi connectivity index (χ0n) is 14.3. The third-order valence-electron chi connectivity index (χ3n) is 4.09. The van der Waals surface area contributed by atoms with Crippen LogP contribution in [-0.4, -0.2) is 27.3 Å². The molecule has 1 heterocycles. The zero-order valence-corrected chi connectivity index (χ0v) is 15.0. The Morgan fingerprint density at radius 2 is 1.92 bits per heavy atom. The summed E-state index contributed by atoms with van der Waals surface area (Å²) in [7, 11) is 0. The molecule has 1 unspecified atom stereocenters. The Labute approximate surface area is 147 Å². The fourth-order valence-electron chi connectivity index (χ4n) is 2.68. The van der Waals surface area contributed by atoms with Crippen LogP contribution in [0.15, 0.2) is 30.3 Å². The molecule has 1 amide bonds. The molecular weight excluding hydrogens is 326 g/mol. The number of rotatable bonds is 7. The maximum Gasteiger partial charge on any atom is 0.269 e. The van der Waals surface area contributed by atoms with E-state index < -0.39 is 6.10 Å². The average molecular weight is 350 g/mol. The van der Waals surface area contributed by atoms with E-state index in [-0.39, 0.29) is 18.5 Å². The molecule has 0 saturated heterocycles. The lowest BCUT2D eigenvalue weighted by molar-refractivity contribution is 0.0902. The first kappa shape index (κ1) is 18.5. The molecule has 5 nitrogen and oxygen atoms in total. The quantitative estimate of drug-likeness (QED) is 0.801. The predicted octanol–water partition coefficient (Wildman–Crippen LogP) is 3.67. The van der Waals surface area contributed by atoms with Crippen LogP contribution in [0.5, 0.6) is 0 Å². The van der Waals surface area contributed by atoms with Gasteiger partial charge < -0.3 is 10.4 Å². The second kappa shape index (κ2) is 8.31. The maximum absolute atomic E-state index is 12.5. The van der Waals surface area contributed by atoms with Crippen molar-refractivity contribution in [3.63, 3.8) is 0 Å². The van der Waals surface area contributed by atoms with Gasteiger partial charge >= 0.3 is 0 Å². The summed E-state index contributed by atoms with van der Waals surface area (Å²) in [6.45, 7) is 6.17. The lowest BCUT2D eigenvalue weighted by Gasteiger charge is -2.17. The van der Waals surface area contributed by atoms with Crippen molar-refractivity contribution in [3.8, 4) is 0 Å². The van der Waals surface area contributed by atoms with Crippen molar-refractivity contribution >= 4 is 17.5 Å². The van der Waals surface area contributed by atoms with Crippen molar-refractivity contribution in [1.82, 2.24) is 15.1 Å². The number of aliphatic hydroxyl groups is 1. The molecule has 6 heteroatoms. The standard InChI is InChI=1S/C18H24ClN3O2/c1-4-15(5-2)22-16(10-12(3)21-22)18(24)20-11-17(23)13-6-8-14(19)9-7-13/h6-10,15,17,23H,4-5,11H2,1-3H3,(H,20,24). The molecule has 0 fully saturated rings. The van der Waals surface area contributed by atoms with Gasteiger partial charge in [-0.3, -0.25) is 9.48 Å². The van der Waals surface area contributed by atoms with E-state index in [1.165, 1.54) is 0 Å². The van der Waals surface area contributed by atoms with E-state index in [0.717, 1.165) is 18.5 Å². The summed E-state index contributed by atoms with van der Waals surface area (Å²) in [4.78, 5) is 12.5. The van der Waals surface area contributed by atoms with Gasteiger partial charge in [-0.05, 0) is 43.5 Å². The maximum atomic E-state index is 12.5. The number of benzene rings is 1. The van der Waals surface area contributed by atoms with E-state index in [2.05, 4.69) is 24.3 Å². The second-order valence-corrected chi connectivity index (χ2v) is 6.30. The van der Waals surface area contributed by atoms with Crippen LogP contribution in [0.3, 0.4) is 0 Å². The molecule has 0 bridgehead atoms. The van der Waals surface area contributed by atoms with E-state index in [1.54, 1.807) is 35.0 Å². The minimum absolute atomic E-state index is 0.133. The minimum Gasteiger partial charge on any atom is -0.387 e. The molecule has 1 aromatic carbocycles. The summed E-state index contributed by atoms with van der Waals surface area (Å²) in [5.74, 6) is -0.226. The molecule has 0 aliphatic carbocycles. The van der Waals surface area contributed by atoms with E-state index in [1.807, 2.05) is 6.92 Å². The van der Waals surface area contributed by atoms with Gasteiger partial charge in [-0.25, -0.2) is 0 Å². The Kier molecular flexibility index (Phi) is 6.40. The highest BCUT2D eigenvalue weighted by Gasteiger charge is 2.19. The number of carbonyl (C=O) groups excluding carboxylic acids is 1. The number of aryl methyl sites for hydroxylation is 1. The number of nitrogens with one attached hydrogen (secondary N) is 1. The van der Waals surface area contributed by atoms with Crippen molar-refractivity contribution in [1.29, 1.82) is 0 Å². The largest absolute Gasteiger partial charge is 0.387 e. The summed E-state index contributed by atoms with van der Waals surface area (Å²) < 4.78 is 1.79. The number of nitrogens with zero attached hydrogens (tertiary/aromatic N) is 2. The summed E-state index contributed by atoms with van der Waals surface area (Å²) in [6, 6.07) is 8.90. The van der Waals surface area contributed by atoms with Gasteiger partial charge in [-0.15, -0.1) is 0 Å². The number of hydrogen-bond acceptors (Lipinski definition) is 3. The molecule has 2 rings (SSSR count). The van der Waals surface area contributed by atoms with Gasteiger partial charge in [0.15, 0.2) is 0 Å². The molecule has 0 radical (unpaired) electrons. The Balaban J connectivity index is 2.06. The van der Waals surface area contributed by atoms with Gasteiger partial charge in [0.2, 0.25) is 0 Å². The van der Waals surface area contributed by atoms with Crippen LogP contribution in [0.2, 0.25) is 5.02 Å². The van der Waals surface area contributed by atoms with Crippen molar-refractivity contribution < 1.29 is 9.90 Å². The summed E-state index contributed by atoms with van der Waals surface area (Å²) in [6.07, 6.45) is 1.04. The molecule has 0 saturated carbocycles. The van der Waals surface area contributed by atoms with Gasteiger partial charge in [0.25, 0.3) is 5.91 Å². The Morgan fingerprint density at radius 3 is 2.50 bits per heavy atom. The molecule has 2 aromatic rings. The molecule has 1 atom stereocenters. The summed E-state index contributed by atoms with van der Waals surface area (Å²) >= 11 is 5.84. The minimum atomic E-state index is -0.781. The van der Waals surface area contributed by atoms with Crippen molar-refractivity contribution in [2.45, 2.75) is 45.8 Å². The van der Waals surface area contributed by atoms with Crippen LogP contribution >= 0.6 is 11.6 Å². The van der Waals surface area contributed by atoms with Crippen LogP contribution in [0.1, 0.15) is 60.6 Å². The first-order valence-electron chi connectivity index (χ1n) is 8.24. The molecule has 0 aliphatic heterocycles. The summed E-state index contributed by atoms with van der Waals surface area (Å²) in [5, 5.41) is 18.0. The molecule has 2 N–H and O–H groups in total. The van der Waals surface area contributed by atoms with E-state index in [4.69, 9.17) is 11.6 Å². The van der Waals surface area contributed by atoms with Gasteiger partial charge in [0.05, 0.1) is 17.8 Å². The first-order chi connectivity index (χ1) is 11.5. The first-order valence-corrected chi connectivity index (χ1v) is 8.61. The number of carbonyl (C=O) groups is 1. The summed E-state index contributed by atoms with van der Waals surface area (Å²) in [5.41, 5.74) is 2.05. The third kappa shape index (κ3) is 4.36. The van der Waals surface area contributed by atoms with Gasteiger partial charge in [-0.2, -0.15) is 5.10 Å². The Bertz CT molecular complexity index is 678. The van der Waals surface area contributed by atoms with Gasteiger partial charge in [-0.1, -0.05) is 37.6 Å². The van der Waals surface area contributed by atoms with Gasteiger partial charge in [0, 0.05) is 11.6 Å². The van der Waals surface area contributed by atoms with E-state index in [9.17, 15) is 9.90 Å². The zero-order chi connectivity index (χ0) is 17.7. The number of hydrogen-bond donors (Lipinski definition) is 2. The van der Waals surface area contributed by atoms with Gasteiger partial charge in [0.1, 0.15) is 5.69 Å². The normalized spacial score (nSPS) is 12.4. The third-order valence-corrected chi connectivity index (χ3v) is 4.34. The molecule has 130 valence electrons. The lowest BCUT2D eigenvalue weighted by atomic mass is 10.1. The second-order valence-electron chi connectivity index (χ2n) is 5.86. The topological polar surface area (TPSA) is 67.2 Å². The molecule has 1 aromatic heterocycles. The molecule has 0 aliphatic rings. The van der Waals surface area contributed by atoms with Crippen LogP contribution in [0, 0.1) is 6.92 Å². The highest BCUT2D eigenvalue weighted by Crippen LogP contribution is 2.19. The fraction of sp³-hybridized carbons (Fsp3) is 0.444. The Hall–Kier alpha value is -1.85. The highest BCUT2D eigenvalue weighted by molar-refractivity contribution is 6.30. The highest BCUT2D eigenvalue weighted by atomic mass is 35.5. The fourth-order valence-corrected chi connectivity index (χ4v) is 2.81. The number of halogens is 1. The predicted molar refractivity (Wildman–Crippen MR) is 95.3 cm³/mol. The smallest absolute Gasteiger partial charge is 0.269 e. The Morgan fingerprint density at radius 1 is 1.29 bits per heavy atom. The van der Waals surface area contributed by atoms with Crippen molar-refractivity contribution in [2.75, 3.05) is 6.54 Å². The number of aliphatic hydroxyl groups excluding tert-OH is 1. The molecule has 0 spiro atoms. The monoisotopic (exact) mass is 349 g/mol. The SMILES string of the molecule is CCC(CC)n1nc(C)cc1C(=O)NCC(O)c1ccc(Cl)cc1. The van der Waals surface area contributed by atoms with E-state index in [0.29, 0.717) is 16.3 Å². The van der Waals surface area contributed by atoms with Crippen LogP contribution in [0.25, 0.3) is 0 Å². The van der Waals surface area contributed by atoms with Crippen LogP contribution in [0.4, 0.5) is 0 Å². The number of amides is 1. The number of aromatic nitrogens is 2. The van der Waals surface area contributed by atoms with Crippen LogP contribution in [-0.2, 0) is 0 Å². The lowest BCUT2D eigenvalue weighted by Crippen LogP contribution is -2.31. The van der Waals surface area contributed by atoms with Crippen LogP contribution < -0.4 is 5.32 Å².